The lowest BCUT2D eigenvalue weighted by molar-refractivity contribution is -0.132. The Morgan fingerprint density at radius 1 is 1.00 bits per heavy atom. The predicted octanol–water partition coefficient (Wildman–Crippen LogP) is 3.90. The van der Waals surface area contributed by atoms with Crippen molar-refractivity contribution in [1.29, 1.82) is 0 Å². The molecule has 2 amide bonds. The van der Waals surface area contributed by atoms with Crippen LogP contribution in [0.5, 0.6) is 5.75 Å². The summed E-state index contributed by atoms with van der Waals surface area (Å²) in [5.41, 5.74) is 1.86. The van der Waals surface area contributed by atoms with E-state index in [0.717, 1.165) is 10.2 Å². The van der Waals surface area contributed by atoms with Crippen molar-refractivity contribution in [1.82, 2.24) is 9.80 Å². The smallest absolute Gasteiger partial charge is 0.254 e. The lowest BCUT2D eigenvalue weighted by atomic mass is 10.1. The molecule has 2 aromatic rings. The van der Waals surface area contributed by atoms with Gasteiger partial charge >= 0.3 is 0 Å². The van der Waals surface area contributed by atoms with Crippen LogP contribution in [0.3, 0.4) is 0 Å². The van der Waals surface area contributed by atoms with Crippen LogP contribution in [0.2, 0.25) is 0 Å². The summed E-state index contributed by atoms with van der Waals surface area (Å²) in [6.45, 7) is 4.85. The fourth-order valence-electron chi connectivity index (χ4n) is 3.17. The number of rotatable bonds is 6. The second-order valence-electron chi connectivity index (χ2n) is 6.95. The number of piperazine rings is 1. The van der Waals surface area contributed by atoms with Crippen molar-refractivity contribution in [3.63, 3.8) is 0 Å². The van der Waals surface area contributed by atoms with Gasteiger partial charge in [0.05, 0.1) is 6.61 Å². The standard InChI is InChI=1S/C22H25BrN2O3/c1-17-7-9-20(10-8-17)28-15-3-6-21(26)24-11-13-25(14-12-24)22(27)18-4-2-5-19(23)16-18/h2,4-5,7-10,16H,3,6,11-15H2,1H3. The number of halogens is 1. The minimum Gasteiger partial charge on any atom is -0.494 e. The van der Waals surface area contributed by atoms with Crippen LogP contribution in [0.1, 0.15) is 28.8 Å². The Bertz CT molecular complexity index is 815. The van der Waals surface area contributed by atoms with E-state index < -0.39 is 0 Å². The summed E-state index contributed by atoms with van der Waals surface area (Å²) in [7, 11) is 0. The molecule has 0 radical (unpaired) electrons. The number of hydrogen-bond acceptors (Lipinski definition) is 3. The summed E-state index contributed by atoms with van der Waals surface area (Å²) in [5, 5.41) is 0. The Balaban J connectivity index is 1.38. The van der Waals surface area contributed by atoms with Crippen LogP contribution >= 0.6 is 15.9 Å². The summed E-state index contributed by atoms with van der Waals surface area (Å²) in [5.74, 6) is 0.972. The largest absolute Gasteiger partial charge is 0.494 e. The minimum absolute atomic E-state index is 0.0138. The van der Waals surface area contributed by atoms with E-state index in [4.69, 9.17) is 4.74 Å². The number of benzene rings is 2. The summed E-state index contributed by atoms with van der Waals surface area (Å²) in [6, 6.07) is 15.3. The molecule has 6 heteroatoms. The average Bonchev–Trinajstić information content (AvgIpc) is 2.72. The van der Waals surface area contributed by atoms with E-state index in [1.54, 1.807) is 0 Å². The molecule has 0 unspecified atom stereocenters. The second-order valence-corrected chi connectivity index (χ2v) is 7.86. The normalized spacial score (nSPS) is 14.1. The van der Waals surface area contributed by atoms with E-state index in [9.17, 15) is 9.59 Å². The van der Waals surface area contributed by atoms with Gasteiger partial charge in [-0.05, 0) is 43.7 Å². The molecule has 0 atom stereocenters. The van der Waals surface area contributed by atoms with Gasteiger partial charge in [-0.25, -0.2) is 0 Å². The Morgan fingerprint density at radius 2 is 1.68 bits per heavy atom. The van der Waals surface area contributed by atoms with E-state index in [1.807, 2.05) is 65.3 Å². The van der Waals surface area contributed by atoms with Crippen molar-refractivity contribution >= 4 is 27.7 Å². The minimum atomic E-state index is 0.0138. The lowest BCUT2D eigenvalue weighted by Crippen LogP contribution is -2.50. The zero-order valence-corrected chi connectivity index (χ0v) is 17.7. The monoisotopic (exact) mass is 444 g/mol. The molecule has 1 saturated heterocycles. The summed E-state index contributed by atoms with van der Waals surface area (Å²) >= 11 is 3.40. The first-order valence-corrected chi connectivity index (χ1v) is 10.3. The molecule has 1 heterocycles. The van der Waals surface area contributed by atoms with Gasteiger partial charge in [-0.3, -0.25) is 9.59 Å². The summed E-state index contributed by atoms with van der Waals surface area (Å²) < 4.78 is 6.57. The fourth-order valence-corrected chi connectivity index (χ4v) is 3.57. The van der Waals surface area contributed by atoms with Crippen LogP contribution in [0, 0.1) is 6.92 Å². The lowest BCUT2D eigenvalue weighted by Gasteiger charge is -2.35. The Labute approximate surface area is 174 Å². The maximum Gasteiger partial charge on any atom is 0.254 e. The SMILES string of the molecule is Cc1ccc(OCCCC(=O)N2CCN(C(=O)c3cccc(Br)c3)CC2)cc1. The van der Waals surface area contributed by atoms with E-state index in [2.05, 4.69) is 15.9 Å². The molecule has 0 bridgehead atoms. The zero-order chi connectivity index (χ0) is 19.9. The Hall–Kier alpha value is -2.34. The van der Waals surface area contributed by atoms with Gasteiger partial charge in [0.25, 0.3) is 5.91 Å². The fraction of sp³-hybridized carbons (Fsp3) is 0.364. The molecule has 2 aromatic carbocycles. The van der Waals surface area contributed by atoms with Crippen LogP contribution in [-0.4, -0.2) is 54.4 Å². The van der Waals surface area contributed by atoms with Crippen LogP contribution in [0.15, 0.2) is 53.0 Å². The highest BCUT2D eigenvalue weighted by Gasteiger charge is 2.24. The van der Waals surface area contributed by atoms with Crippen molar-refractivity contribution in [2.75, 3.05) is 32.8 Å². The molecule has 0 aliphatic carbocycles. The summed E-state index contributed by atoms with van der Waals surface area (Å²) in [6.07, 6.45) is 1.15. The van der Waals surface area contributed by atoms with Crippen molar-refractivity contribution in [3.05, 3.63) is 64.1 Å². The first-order chi connectivity index (χ1) is 13.5. The number of nitrogens with zero attached hydrogens (tertiary/aromatic N) is 2. The van der Waals surface area contributed by atoms with Crippen LogP contribution in [0.4, 0.5) is 0 Å². The van der Waals surface area contributed by atoms with Gasteiger partial charge in [-0.15, -0.1) is 0 Å². The van der Waals surface area contributed by atoms with Gasteiger partial charge in [0.2, 0.25) is 5.91 Å². The number of amides is 2. The number of aryl methyl sites for hydroxylation is 1. The molecule has 5 nitrogen and oxygen atoms in total. The number of hydrogen-bond donors (Lipinski definition) is 0. The molecule has 0 spiro atoms. The molecule has 3 rings (SSSR count). The zero-order valence-electron chi connectivity index (χ0n) is 16.1. The molecular formula is C22H25BrN2O3. The molecule has 1 fully saturated rings. The van der Waals surface area contributed by atoms with Crippen molar-refractivity contribution in [3.8, 4) is 5.75 Å². The topological polar surface area (TPSA) is 49.9 Å². The van der Waals surface area contributed by atoms with Gasteiger partial charge in [0, 0.05) is 42.6 Å². The van der Waals surface area contributed by atoms with Gasteiger partial charge in [0.15, 0.2) is 0 Å². The van der Waals surface area contributed by atoms with Crippen molar-refractivity contribution in [2.45, 2.75) is 19.8 Å². The molecule has 1 aliphatic heterocycles. The molecule has 1 aliphatic rings. The van der Waals surface area contributed by atoms with Gasteiger partial charge in [-0.1, -0.05) is 39.7 Å². The number of carbonyl (C=O) groups excluding carboxylic acids is 2. The Kier molecular flexibility index (Phi) is 7.09. The third-order valence-electron chi connectivity index (χ3n) is 4.82. The highest BCUT2D eigenvalue weighted by Crippen LogP contribution is 2.16. The molecule has 0 N–H and O–H groups in total. The van der Waals surface area contributed by atoms with Crippen molar-refractivity contribution in [2.24, 2.45) is 0 Å². The number of ether oxygens (including phenoxy) is 1. The third-order valence-corrected chi connectivity index (χ3v) is 5.31. The summed E-state index contributed by atoms with van der Waals surface area (Å²) in [4.78, 5) is 28.6. The van der Waals surface area contributed by atoms with E-state index >= 15 is 0 Å². The van der Waals surface area contributed by atoms with Crippen LogP contribution < -0.4 is 4.74 Å². The Morgan fingerprint density at radius 3 is 2.36 bits per heavy atom. The second kappa shape index (κ2) is 9.73. The highest BCUT2D eigenvalue weighted by molar-refractivity contribution is 9.10. The van der Waals surface area contributed by atoms with Crippen molar-refractivity contribution < 1.29 is 14.3 Å². The number of carbonyl (C=O) groups is 2. The van der Waals surface area contributed by atoms with Gasteiger partial charge < -0.3 is 14.5 Å². The quantitative estimate of drug-likeness (QED) is 0.634. The van der Waals surface area contributed by atoms with E-state index in [0.29, 0.717) is 51.2 Å². The van der Waals surface area contributed by atoms with Gasteiger partial charge in [0.1, 0.15) is 5.75 Å². The van der Waals surface area contributed by atoms with Gasteiger partial charge in [-0.2, -0.15) is 0 Å². The predicted molar refractivity (Wildman–Crippen MR) is 113 cm³/mol. The molecule has 148 valence electrons. The maximum atomic E-state index is 12.6. The molecular weight excluding hydrogens is 420 g/mol. The van der Waals surface area contributed by atoms with E-state index in [1.165, 1.54) is 5.56 Å². The van der Waals surface area contributed by atoms with Crippen LogP contribution in [-0.2, 0) is 4.79 Å². The molecule has 0 aromatic heterocycles. The third kappa shape index (κ3) is 5.58. The molecule has 28 heavy (non-hydrogen) atoms. The maximum absolute atomic E-state index is 12.6. The first kappa shape index (κ1) is 20.4. The highest BCUT2D eigenvalue weighted by atomic mass is 79.9. The van der Waals surface area contributed by atoms with E-state index in [-0.39, 0.29) is 11.8 Å². The average molecular weight is 445 g/mol. The first-order valence-electron chi connectivity index (χ1n) is 9.55. The molecule has 0 saturated carbocycles. The van der Waals surface area contributed by atoms with Crippen LogP contribution in [0.25, 0.3) is 0 Å².